The Labute approximate surface area is 141 Å². The Morgan fingerprint density at radius 3 is 2.25 bits per heavy atom. The van der Waals surface area contributed by atoms with Crippen LogP contribution in [0.5, 0.6) is 17.2 Å². The SMILES string of the molecule is COc1cc(C2=N[C@@H](Cc3ccccc3)CO2)cc(OC)c1OC. The lowest BCUT2D eigenvalue weighted by atomic mass is 10.1. The second-order valence-electron chi connectivity index (χ2n) is 5.50. The fraction of sp³-hybridized carbons (Fsp3) is 0.316. The molecule has 5 nitrogen and oxygen atoms in total. The molecule has 0 N–H and O–H groups in total. The van der Waals surface area contributed by atoms with Gasteiger partial charge in [-0.3, -0.25) is 0 Å². The van der Waals surface area contributed by atoms with Crippen LogP contribution in [0.1, 0.15) is 11.1 Å². The molecule has 0 radical (unpaired) electrons. The summed E-state index contributed by atoms with van der Waals surface area (Å²) in [7, 11) is 4.77. The Kier molecular flexibility index (Phi) is 4.89. The van der Waals surface area contributed by atoms with Crippen molar-refractivity contribution in [2.24, 2.45) is 4.99 Å². The lowest BCUT2D eigenvalue weighted by Crippen LogP contribution is -2.09. The predicted octanol–water partition coefficient (Wildman–Crippen LogP) is 3.10. The fourth-order valence-electron chi connectivity index (χ4n) is 2.77. The molecular weight excluding hydrogens is 306 g/mol. The van der Waals surface area contributed by atoms with E-state index in [0.717, 1.165) is 12.0 Å². The van der Waals surface area contributed by atoms with Gasteiger partial charge < -0.3 is 18.9 Å². The van der Waals surface area contributed by atoms with E-state index in [1.165, 1.54) is 5.56 Å². The van der Waals surface area contributed by atoms with Crippen LogP contribution in [0.4, 0.5) is 0 Å². The third kappa shape index (κ3) is 3.30. The van der Waals surface area contributed by atoms with Gasteiger partial charge in [-0.25, -0.2) is 4.99 Å². The van der Waals surface area contributed by atoms with Crippen molar-refractivity contribution in [1.29, 1.82) is 0 Å². The lowest BCUT2D eigenvalue weighted by Gasteiger charge is -2.13. The van der Waals surface area contributed by atoms with Gasteiger partial charge in [-0.15, -0.1) is 0 Å². The van der Waals surface area contributed by atoms with Gasteiger partial charge >= 0.3 is 0 Å². The maximum absolute atomic E-state index is 5.79. The molecule has 1 aliphatic rings. The number of benzene rings is 2. The van der Waals surface area contributed by atoms with Crippen molar-refractivity contribution in [1.82, 2.24) is 0 Å². The molecule has 0 aromatic heterocycles. The van der Waals surface area contributed by atoms with Crippen molar-refractivity contribution in [2.75, 3.05) is 27.9 Å². The molecule has 1 aliphatic heterocycles. The zero-order valence-electron chi connectivity index (χ0n) is 14.1. The van der Waals surface area contributed by atoms with Crippen molar-refractivity contribution in [2.45, 2.75) is 12.5 Å². The van der Waals surface area contributed by atoms with Crippen LogP contribution in [-0.2, 0) is 11.2 Å². The summed E-state index contributed by atoms with van der Waals surface area (Å²) in [5, 5.41) is 0. The van der Waals surface area contributed by atoms with E-state index < -0.39 is 0 Å². The molecule has 0 aliphatic carbocycles. The van der Waals surface area contributed by atoms with Gasteiger partial charge in [0.05, 0.1) is 27.4 Å². The Bertz CT molecular complexity index is 702. The van der Waals surface area contributed by atoms with Crippen molar-refractivity contribution in [3.63, 3.8) is 0 Å². The first kappa shape index (κ1) is 16.2. The molecule has 24 heavy (non-hydrogen) atoms. The van der Waals surface area contributed by atoms with E-state index >= 15 is 0 Å². The zero-order chi connectivity index (χ0) is 16.9. The van der Waals surface area contributed by atoms with Gasteiger partial charge in [0.2, 0.25) is 11.6 Å². The van der Waals surface area contributed by atoms with Crippen LogP contribution >= 0.6 is 0 Å². The summed E-state index contributed by atoms with van der Waals surface area (Å²) in [6.45, 7) is 0.570. The Morgan fingerprint density at radius 2 is 1.67 bits per heavy atom. The highest BCUT2D eigenvalue weighted by Crippen LogP contribution is 2.38. The fourth-order valence-corrected chi connectivity index (χ4v) is 2.77. The van der Waals surface area contributed by atoms with E-state index in [4.69, 9.17) is 23.9 Å². The minimum absolute atomic E-state index is 0.112. The molecule has 5 heteroatoms. The van der Waals surface area contributed by atoms with Gasteiger partial charge in [-0.2, -0.15) is 0 Å². The van der Waals surface area contributed by atoms with Crippen LogP contribution in [0.3, 0.4) is 0 Å². The van der Waals surface area contributed by atoms with Crippen molar-refractivity contribution in [3.8, 4) is 17.2 Å². The van der Waals surface area contributed by atoms with Crippen LogP contribution in [0, 0.1) is 0 Å². The number of hydrogen-bond acceptors (Lipinski definition) is 5. The second-order valence-corrected chi connectivity index (χ2v) is 5.50. The van der Waals surface area contributed by atoms with Crippen LogP contribution < -0.4 is 14.2 Å². The number of ether oxygens (including phenoxy) is 4. The van der Waals surface area contributed by atoms with Gasteiger partial charge in [0.25, 0.3) is 0 Å². The van der Waals surface area contributed by atoms with Crippen LogP contribution in [-0.4, -0.2) is 39.9 Å². The molecule has 0 unspecified atom stereocenters. The number of methoxy groups -OCH3 is 3. The van der Waals surface area contributed by atoms with Gasteiger partial charge in [0.1, 0.15) is 6.61 Å². The first-order chi connectivity index (χ1) is 11.7. The maximum atomic E-state index is 5.79. The van der Waals surface area contributed by atoms with Gasteiger partial charge in [0, 0.05) is 5.56 Å². The highest BCUT2D eigenvalue weighted by Gasteiger charge is 2.23. The van der Waals surface area contributed by atoms with Gasteiger partial charge in [-0.05, 0) is 24.1 Å². The molecule has 0 saturated heterocycles. The van der Waals surface area contributed by atoms with Crippen LogP contribution in [0.25, 0.3) is 0 Å². The summed E-state index contributed by atoms with van der Waals surface area (Å²) in [5.74, 6) is 2.34. The van der Waals surface area contributed by atoms with Crippen LogP contribution in [0.15, 0.2) is 47.5 Å². The molecule has 0 fully saturated rings. The van der Waals surface area contributed by atoms with E-state index in [1.54, 1.807) is 21.3 Å². The van der Waals surface area contributed by atoms with E-state index in [-0.39, 0.29) is 6.04 Å². The van der Waals surface area contributed by atoms with Crippen LogP contribution in [0.2, 0.25) is 0 Å². The molecule has 1 heterocycles. The highest BCUT2D eigenvalue weighted by molar-refractivity contribution is 5.96. The molecule has 0 bridgehead atoms. The standard InChI is InChI=1S/C19H21NO4/c1-21-16-10-14(11-17(22-2)18(16)23-3)19-20-15(12-24-19)9-13-7-5-4-6-8-13/h4-8,10-11,15H,9,12H2,1-3H3/t15-/m0/s1. The monoisotopic (exact) mass is 327 g/mol. The molecule has 3 rings (SSSR count). The summed E-state index contributed by atoms with van der Waals surface area (Å²) in [5.41, 5.74) is 2.07. The first-order valence-corrected chi connectivity index (χ1v) is 7.80. The molecule has 0 saturated carbocycles. The summed E-state index contributed by atoms with van der Waals surface area (Å²) in [6.07, 6.45) is 0.856. The smallest absolute Gasteiger partial charge is 0.216 e. The first-order valence-electron chi connectivity index (χ1n) is 7.80. The summed E-state index contributed by atoms with van der Waals surface area (Å²) >= 11 is 0. The number of rotatable bonds is 6. The normalized spacial score (nSPS) is 16.3. The number of aliphatic imine (C=N–C) groups is 1. The molecule has 2 aromatic rings. The van der Waals surface area contributed by atoms with E-state index in [0.29, 0.717) is 29.8 Å². The average molecular weight is 327 g/mol. The highest BCUT2D eigenvalue weighted by atomic mass is 16.5. The van der Waals surface area contributed by atoms with Gasteiger partial charge in [-0.1, -0.05) is 30.3 Å². The maximum Gasteiger partial charge on any atom is 0.216 e. The summed E-state index contributed by atoms with van der Waals surface area (Å²) in [6, 6.07) is 14.1. The quantitative estimate of drug-likeness (QED) is 0.818. The lowest BCUT2D eigenvalue weighted by molar-refractivity contribution is 0.314. The van der Waals surface area contributed by atoms with Crippen molar-refractivity contribution in [3.05, 3.63) is 53.6 Å². The third-order valence-electron chi connectivity index (χ3n) is 3.94. The van der Waals surface area contributed by atoms with Crippen molar-refractivity contribution >= 4 is 5.90 Å². The van der Waals surface area contributed by atoms with Crippen molar-refractivity contribution < 1.29 is 18.9 Å². The Morgan fingerprint density at radius 1 is 1.00 bits per heavy atom. The summed E-state index contributed by atoms with van der Waals surface area (Å²) < 4.78 is 21.9. The van der Waals surface area contributed by atoms with E-state index in [9.17, 15) is 0 Å². The topological polar surface area (TPSA) is 49.3 Å². The molecule has 0 spiro atoms. The average Bonchev–Trinajstić information content (AvgIpc) is 3.09. The van der Waals surface area contributed by atoms with E-state index in [2.05, 4.69) is 12.1 Å². The van der Waals surface area contributed by atoms with E-state index in [1.807, 2.05) is 30.3 Å². The minimum atomic E-state index is 0.112. The predicted molar refractivity (Wildman–Crippen MR) is 92.5 cm³/mol. The number of nitrogens with zero attached hydrogens (tertiary/aromatic N) is 1. The largest absolute Gasteiger partial charge is 0.493 e. The molecule has 2 aromatic carbocycles. The zero-order valence-corrected chi connectivity index (χ0v) is 14.1. The molecule has 1 atom stereocenters. The molecular formula is C19H21NO4. The third-order valence-corrected chi connectivity index (χ3v) is 3.94. The second kappa shape index (κ2) is 7.25. The Hall–Kier alpha value is -2.69. The summed E-state index contributed by atoms with van der Waals surface area (Å²) in [4.78, 5) is 4.70. The van der Waals surface area contributed by atoms with Gasteiger partial charge in [0.15, 0.2) is 11.5 Å². The molecule has 126 valence electrons. The number of hydrogen-bond donors (Lipinski definition) is 0. The minimum Gasteiger partial charge on any atom is -0.493 e. The molecule has 0 amide bonds. The Balaban J connectivity index is 1.85.